The van der Waals surface area contributed by atoms with Crippen molar-refractivity contribution in [1.82, 2.24) is 4.90 Å². The summed E-state index contributed by atoms with van der Waals surface area (Å²) in [4.78, 5) is 17.5. The van der Waals surface area contributed by atoms with Crippen molar-refractivity contribution < 1.29 is 19.1 Å². The molecule has 0 saturated carbocycles. The highest BCUT2D eigenvalue weighted by Crippen LogP contribution is 2.36. The first-order valence-corrected chi connectivity index (χ1v) is 11.1. The van der Waals surface area contributed by atoms with E-state index in [9.17, 15) is 9.90 Å². The van der Waals surface area contributed by atoms with Gasteiger partial charge in [-0.25, -0.2) is 0 Å². The maximum atomic E-state index is 13.1. The van der Waals surface area contributed by atoms with Crippen LogP contribution in [-0.4, -0.2) is 55.2 Å². The molecule has 1 saturated heterocycles. The molecule has 1 aliphatic rings. The van der Waals surface area contributed by atoms with Crippen LogP contribution < -0.4 is 15.0 Å². The zero-order valence-electron chi connectivity index (χ0n) is 18.7. The molecule has 1 unspecified atom stereocenters. The van der Waals surface area contributed by atoms with Crippen molar-refractivity contribution >= 4 is 39.2 Å². The van der Waals surface area contributed by atoms with Crippen LogP contribution in [0.3, 0.4) is 0 Å². The van der Waals surface area contributed by atoms with Gasteiger partial charge in [-0.2, -0.15) is 0 Å². The van der Waals surface area contributed by atoms with Gasteiger partial charge < -0.3 is 24.5 Å². The molecule has 33 heavy (non-hydrogen) atoms. The summed E-state index contributed by atoms with van der Waals surface area (Å²) in [6.07, 6.45) is 0. The maximum absolute atomic E-state index is 13.1. The van der Waals surface area contributed by atoms with Crippen LogP contribution in [0.4, 0.5) is 11.4 Å². The fraction of sp³-hybridized carbons (Fsp3) is 0.269. The van der Waals surface area contributed by atoms with Gasteiger partial charge in [0.25, 0.3) is 0 Å². The van der Waals surface area contributed by atoms with E-state index in [4.69, 9.17) is 9.15 Å². The first-order valence-electron chi connectivity index (χ1n) is 11.1. The molecule has 0 spiro atoms. The number of hydrogen-bond acceptors (Lipinski definition) is 6. The summed E-state index contributed by atoms with van der Waals surface area (Å²) in [5.74, 6) is 0.785. The standard InChI is InChI=1S/C26H27N3O4/c1-17(28-11-13-29(14-12-28)18-7-9-19(30)10-8-18)26(31)27-22-16-24-21(15-25(22)32-2)20-5-3-4-6-23(20)33-24/h3-10,15-17,30H,11-14H2,1-2H3,(H,27,31). The number of piperazine rings is 1. The van der Waals surface area contributed by atoms with E-state index in [2.05, 4.69) is 15.1 Å². The van der Waals surface area contributed by atoms with E-state index >= 15 is 0 Å². The predicted molar refractivity (Wildman–Crippen MR) is 130 cm³/mol. The number of phenols is 1. The molecule has 1 fully saturated rings. The molecule has 0 bridgehead atoms. The number of benzene rings is 3. The van der Waals surface area contributed by atoms with Crippen molar-refractivity contribution in [2.45, 2.75) is 13.0 Å². The Balaban J connectivity index is 1.29. The fourth-order valence-electron chi connectivity index (χ4n) is 4.45. The van der Waals surface area contributed by atoms with Crippen LogP contribution in [0.2, 0.25) is 0 Å². The number of phenolic OH excluding ortho intramolecular Hbond substituents is 1. The number of nitrogens with zero attached hydrogens (tertiary/aromatic N) is 2. The Labute approximate surface area is 192 Å². The molecule has 1 aliphatic heterocycles. The highest BCUT2D eigenvalue weighted by Gasteiger charge is 2.26. The number of para-hydroxylation sites is 1. The second kappa shape index (κ2) is 8.67. The number of rotatable bonds is 5. The van der Waals surface area contributed by atoms with E-state index in [0.29, 0.717) is 17.0 Å². The molecule has 2 N–H and O–H groups in total. The number of methoxy groups -OCH3 is 1. The predicted octanol–water partition coefficient (Wildman–Crippen LogP) is 4.45. The van der Waals surface area contributed by atoms with Gasteiger partial charge in [0.2, 0.25) is 5.91 Å². The topological polar surface area (TPSA) is 78.2 Å². The van der Waals surface area contributed by atoms with Gasteiger partial charge in [0.05, 0.1) is 18.8 Å². The molecule has 1 atom stereocenters. The van der Waals surface area contributed by atoms with Gasteiger partial charge in [0, 0.05) is 48.7 Å². The monoisotopic (exact) mass is 445 g/mol. The molecular formula is C26H27N3O4. The third kappa shape index (κ3) is 4.07. The summed E-state index contributed by atoms with van der Waals surface area (Å²) in [7, 11) is 1.60. The number of aromatic hydroxyl groups is 1. The van der Waals surface area contributed by atoms with E-state index in [-0.39, 0.29) is 17.7 Å². The van der Waals surface area contributed by atoms with Crippen LogP contribution >= 0.6 is 0 Å². The summed E-state index contributed by atoms with van der Waals surface area (Å²) in [5, 5.41) is 14.5. The first-order chi connectivity index (χ1) is 16.0. The number of hydrogen-bond donors (Lipinski definition) is 2. The van der Waals surface area contributed by atoms with Gasteiger partial charge in [-0.15, -0.1) is 0 Å². The second-order valence-electron chi connectivity index (χ2n) is 8.35. The molecule has 5 rings (SSSR count). The molecule has 0 aliphatic carbocycles. The number of amides is 1. The van der Waals surface area contributed by atoms with Crippen LogP contribution in [0.1, 0.15) is 6.92 Å². The van der Waals surface area contributed by atoms with Crippen molar-refractivity contribution in [1.29, 1.82) is 0 Å². The van der Waals surface area contributed by atoms with E-state index in [1.165, 1.54) is 0 Å². The van der Waals surface area contributed by atoms with Gasteiger partial charge >= 0.3 is 0 Å². The zero-order valence-corrected chi connectivity index (χ0v) is 18.7. The van der Waals surface area contributed by atoms with E-state index < -0.39 is 0 Å². The molecule has 0 radical (unpaired) electrons. The molecule has 3 aromatic carbocycles. The van der Waals surface area contributed by atoms with Crippen molar-refractivity contribution in [2.24, 2.45) is 0 Å². The van der Waals surface area contributed by atoms with Gasteiger partial charge in [-0.05, 0) is 43.3 Å². The van der Waals surface area contributed by atoms with E-state index in [0.717, 1.165) is 48.2 Å². The maximum Gasteiger partial charge on any atom is 0.241 e. The van der Waals surface area contributed by atoms with Gasteiger partial charge in [-0.1, -0.05) is 18.2 Å². The smallest absolute Gasteiger partial charge is 0.241 e. The van der Waals surface area contributed by atoms with Crippen molar-refractivity contribution in [2.75, 3.05) is 43.5 Å². The summed E-state index contributed by atoms with van der Waals surface area (Å²) >= 11 is 0. The Morgan fingerprint density at radius 3 is 2.45 bits per heavy atom. The van der Waals surface area contributed by atoms with Crippen LogP contribution in [0.25, 0.3) is 21.9 Å². The minimum absolute atomic E-state index is 0.0816. The number of anilines is 2. The number of ether oxygens (including phenoxy) is 1. The van der Waals surface area contributed by atoms with Crippen LogP contribution in [0.5, 0.6) is 11.5 Å². The Kier molecular flexibility index (Phi) is 5.56. The largest absolute Gasteiger partial charge is 0.508 e. The minimum Gasteiger partial charge on any atom is -0.508 e. The highest BCUT2D eigenvalue weighted by atomic mass is 16.5. The van der Waals surface area contributed by atoms with Crippen LogP contribution in [-0.2, 0) is 4.79 Å². The van der Waals surface area contributed by atoms with E-state index in [1.807, 2.05) is 55.5 Å². The molecule has 1 aromatic heterocycles. The first kappa shape index (κ1) is 21.2. The molecule has 170 valence electrons. The quantitative estimate of drug-likeness (QED) is 0.473. The molecule has 7 nitrogen and oxygen atoms in total. The number of furan rings is 1. The number of carbonyl (C=O) groups excluding carboxylic acids is 1. The summed E-state index contributed by atoms with van der Waals surface area (Å²) in [6, 6.07) is 18.6. The lowest BCUT2D eigenvalue weighted by Gasteiger charge is -2.38. The minimum atomic E-state index is -0.289. The third-order valence-electron chi connectivity index (χ3n) is 6.41. The van der Waals surface area contributed by atoms with Gasteiger partial charge in [0.15, 0.2) is 0 Å². The summed E-state index contributed by atoms with van der Waals surface area (Å²) in [5.41, 5.74) is 3.19. The normalized spacial score (nSPS) is 15.6. The zero-order chi connectivity index (χ0) is 22.9. The van der Waals surface area contributed by atoms with Crippen molar-refractivity contribution in [3.63, 3.8) is 0 Å². The third-order valence-corrected chi connectivity index (χ3v) is 6.41. The summed E-state index contributed by atoms with van der Waals surface area (Å²) in [6.45, 7) is 5.11. The van der Waals surface area contributed by atoms with Crippen LogP contribution in [0, 0.1) is 0 Å². The Morgan fingerprint density at radius 1 is 1.00 bits per heavy atom. The Hall–Kier alpha value is -3.71. The average molecular weight is 446 g/mol. The Morgan fingerprint density at radius 2 is 1.73 bits per heavy atom. The summed E-state index contributed by atoms with van der Waals surface area (Å²) < 4.78 is 11.5. The van der Waals surface area contributed by atoms with Crippen molar-refractivity contribution in [3.05, 3.63) is 60.7 Å². The highest BCUT2D eigenvalue weighted by molar-refractivity contribution is 6.08. The molecule has 2 heterocycles. The fourth-order valence-corrected chi connectivity index (χ4v) is 4.45. The lowest BCUT2D eigenvalue weighted by atomic mass is 10.1. The molecule has 1 amide bonds. The average Bonchev–Trinajstić information content (AvgIpc) is 3.21. The van der Waals surface area contributed by atoms with Crippen LogP contribution in [0.15, 0.2) is 65.1 Å². The number of carbonyl (C=O) groups is 1. The van der Waals surface area contributed by atoms with Gasteiger partial charge in [-0.3, -0.25) is 9.69 Å². The Bertz CT molecular complexity index is 1290. The molecular weight excluding hydrogens is 418 g/mol. The van der Waals surface area contributed by atoms with Crippen molar-refractivity contribution in [3.8, 4) is 11.5 Å². The van der Waals surface area contributed by atoms with E-state index in [1.54, 1.807) is 19.2 Å². The number of fused-ring (bicyclic) bond motifs is 3. The van der Waals surface area contributed by atoms with Gasteiger partial charge in [0.1, 0.15) is 22.7 Å². The number of nitrogens with one attached hydrogen (secondary N) is 1. The molecule has 4 aromatic rings. The lowest BCUT2D eigenvalue weighted by Crippen LogP contribution is -2.52. The molecule has 7 heteroatoms. The second-order valence-corrected chi connectivity index (χ2v) is 8.35. The lowest BCUT2D eigenvalue weighted by molar-refractivity contribution is -0.120. The SMILES string of the molecule is COc1cc2c(cc1NC(=O)C(C)N1CCN(c3ccc(O)cc3)CC1)oc1ccccc12.